The first-order valence-corrected chi connectivity index (χ1v) is 29.3. The number of unbranched alkanes of at least 4 members (excludes halogenated alkanes) is 39. The van der Waals surface area contributed by atoms with Crippen molar-refractivity contribution in [1.82, 2.24) is 0 Å². The van der Waals surface area contributed by atoms with Crippen molar-refractivity contribution in [2.24, 2.45) is 0 Å². The third-order valence-corrected chi connectivity index (χ3v) is 13.2. The average molecular weight is 930 g/mol. The molecule has 0 saturated carbocycles. The Labute approximate surface area is 411 Å². The molecule has 0 aromatic carbocycles. The fourth-order valence-electron chi connectivity index (χ4n) is 8.73. The standard InChI is InChI=1S/C60H112O6/c1-4-7-10-13-16-19-22-25-27-29-31-32-35-38-41-44-47-50-53-59(62)65-56-57(55-64-58(61)52-49-46-43-40-37-34-24-21-18-15-12-9-6-3)66-60(63)54-51-48-45-42-39-36-33-30-28-26-23-20-17-14-11-8-5-2/h26-29,57H,4-25,30-56H2,1-3H3/b28-26-,29-27-. The average Bonchev–Trinajstić information content (AvgIpc) is 3.31. The Hall–Kier alpha value is -2.11. The fraction of sp³-hybridized carbons (Fsp3) is 0.883. The van der Waals surface area contributed by atoms with E-state index in [1.54, 1.807) is 0 Å². The van der Waals surface area contributed by atoms with Crippen LogP contribution in [0.25, 0.3) is 0 Å². The summed E-state index contributed by atoms with van der Waals surface area (Å²) in [6.45, 7) is 6.67. The molecule has 0 aromatic rings. The van der Waals surface area contributed by atoms with Crippen LogP contribution in [0.4, 0.5) is 0 Å². The van der Waals surface area contributed by atoms with Gasteiger partial charge in [-0.15, -0.1) is 0 Å². The SMILES string of the molecule is CCCCCCCC/C=C\CCCCCCCCCC(=O)OC(COC(=O)CCCCCCCCC/C=C\CCCCCCCCC)COC(=O)CCCCCCCCCCCCCCC. The Morgan fingerprint density at radius 2 is 0.500 bits per heavy atom. The highest BCUT2D eigenvalue weighted by Crippen LogP contribution is 2.16. The van der Waals surface area contributed by atoms with Gasteiger partial charge in [-0.05, 0) is 70.6 Å². The Morgan fingerprint density at radius 1 is 0.288 bits per heavy atom. The summed E-state index contributed by atoms with van der Waals surface area (Å²) in [6.07, 6.45) is 64.5. The van der Waals surface area contributed by atoms with Gasteiger partial charge in [0.15, 0.2) is 6.10 Å². The van der Waals surface area contributed by atoms with Crippen LogP contribution < -0.4 is 0 Å². The number of esters is 3. The van der Waals surface area contributed by atoms with Crippen molar-refractivity contribution in [2.45, 2.75) is 329 Å². The van der Waals surface area contributed by atoms with E-state index in [9.17, 15) is 14.4 Å². The zero-order chi connectivity index (χ0) is 47.9. The van der Waals surface area contributed by atoms with Crippen molar-refractivity contribution in [2.75, 3.05) is 13.2 Å². The molecular weight excluding hydrogens is 817 g/mol. The molecule has 0 spiro atoms. The monoisotopic (exact) mass is 929 g/mol. The van der Waals surface area contributed by atoms with Crippen LogP contribution in [0.3, 0.4) is 0 Å². The number of carbonyl (C=O) groups excluding carboxylic acids is 3. The van der Waals surface area contributed by atoms with Crippen LogP contribution in [0.5, 0.6) is 0 Å². The summed E-state index contributed by atoms with van der Waals surface area (Å²) in [6, 6.07) is 0. The molecule has 1 unspecified atom stereocenters. The Kier molecular flexibility index (Phi) is 53.7. The van der Waals surface area contributed by atoms with Gasteiger partial charge in [-0.3, -0.25) is 14.4 Å². The Bertz CT molecular complexity index is 1070. The number of ether oxygens (including phenoxy) is 3. The second-order valence-electron chi connectivity index (χ2n) is 19.9. The van der Waals surface area contributed by atoms with Crippen LogP contribution in [0, 0.1) is 0 Å². The number of hydrogen-bond donors (Lipinski definition) is 0. The molecule has 0 aliphatic rings. The largest absolute Gasteiger partial charge is 0.462 e. The van der Waals surface area contributed by atoms with Gasteiger partial charge in [-0.25, -0.2) is 0 Å². The van der Waals surface area contributed by atoms with Crippen LogP contribution >= 0.6 is 0 Å². The van der Waals surface area contributed by atoms with E-state index in [4.69, 9.17) is 14.2 Å². The fourth-order valence-corrected chi connectivity index (χ4v) is 8.73. The van der Waals surface area contributed by atoms with E-state index in [1.165, 1.54) is 225 Å². The van der Waals surface area contributed by atoms with E-state index in [1.807, 2.05) is 0 Å². The van der Waals surface area contributed by atoms with Crippen molar-refractivity contribution < 1.29 is 28.6 Å². The maximum atomic E-state index is 12.9. The molecule has 6 heteroatoms. The minimum Gasteiger partial charge on any atom is -0.462 e. The molecule has 0 aliphatic heterocycles. The van der Waals surface area contributed by atoms with Crippen LogP contribution in [-0.2, 0) is 28.6 Å². The number of hydrogen-bond acceptors (Lipinski definition) is 6. The maximum Gasteiger partial charge on any atom is 0.306 e. The highest BCUT2D eigenvalue weighted by molar-refractivity contribution is 5.71. The molecule has 0 amide bonds. The summed E-state index contributed by atoms with van der Waals surface area (Å²) in [5, 5.41) is 0. The summed E-state index contributed by atoms with van der Waals surface area (Å²) in [5.41, 5.74) is 0. The van der Waals surface area contributed by atoms with Crippen molar-refractivity contribution in [1.29, 1.82) is 0 Å². The predicted octanol–water partition coefficient (Wildman–Crippen LogP) is 19.5. The van der Waals surface area contributed by atoms with Gasteiger partial charge >= 0.3 is 17.9 Å². The van der Waals surface area contributed by atoms with Crippen LogP contribution in [0.15, 0.2) is 24.3 Å². The lowest BCUT2D eigenvalue weighted by Gasteiger charge is -2.18. The molecule has 0 saturated heterocycles. The molecule has 0 aliphatic carbocycles. The first-order valence-electron chi connectivity index (χ1n) is 29.3. The van der Waals surface area contributed by atoms with E-state index in [2.05, 4.69) is 45.1 Å². The van der Waals surface area contributed by atoms with Crippen molar-refractivity contribution in [3.8, 4) is 0 Å². The zero-order valence-electron chi connectivity index (χ0n) is 44.5. The molecule has 0 rings (SSSR count). The van der Waals surface area contributed by atoms with Gasteiger partial charge in [-0.2, -0.15) is 0 Å². The molecule has 0 fully saturated rings. The van der Waals surface area contributed by atoms with Gasteiger partial charge in [0.05, 0.1) is 0 Å². The molecule has 388 valence electrons. The highest BCUT2D eigenvalue weighted by Gasteiger charge is 2.19. The number of rotatable bonds is 54. The summed E-state index contributed by atoms with van der Waals surface area (Å²) in [7, 11) is 0. The summed E-state index contributed by atoms with van der Waals surface area (Å²) in [4.78, 5) is 38.1. The van der Waals surface area contributed by atoms with Gasteiger partial charge in [0.1, 0.15) is 13.2 Å². The Balaban J connectivity index is 4.33. The van der Waals surface area contributed by atoms with Gasteiger partial charge in [-0.1, -0.05) is 257 Å². The van der Waals surface area contributed by atoms with Crippen LogP contribution in [-0.4, -0.2) is 37.2 Å². The first kappa shape index (κ1) is 63.9. The topological polar surface area (TPSA) is 78.9 Å². The molecule has 1 atom stereocenters. The number of carbonyl (C=O) groups is 3. The molecule has 66 heavy (non-hydrogen) atoms. The highest BCUT2D eigenvalue weighted by atomic mass is 16.6. The van der Waals surface area contributed by atoms with E-state index in [0.717, 1.165) is 57.8 Å². The van der Waals surface area contributed by atoms with Crippen LogP contribution in [0.2, 0.25) is 0 Å². The van der Waals surface area contributed by atoms with E-state index < -0.39 is 6.10 Å². The smallest absolute Gasteiger partial charge is 0.306 e. The van der Waals surface area contributed by atoms with Crippen molar-refractivity contribution >= 4 is 17.9 Å². The van der Waals surface area contributed by atoms with Gasteiger partial charge in [0, 0.05) is 19.3 Å². The quantitative estimate of drug-likeness (QED) is 0.0262. The Morgan fingerprint density at radius 3 is 0.758 bits per heavy atom. The van der Waals surface area contributed by atoms with E-state index in [-0.39, 0.29) is 31.1 Å². The molecule has 0 aromatic heterocycles. The number of allylic oxidation sites excluding steroid dienone is 4. The van der Waals surface area contributed by atoms with Crippen molar-refractivity contribution in [3.05, 3.63) is 24.3 Å². The normalized spacial score (nSPS) is 12.1. The molecule has 0 N–H and O–H groups in total. The molecule has 0 heterocycles. The lowest BCUT2D eigenvalue weighted by Crippen LogP contribution is -2.30. The third-order valence-electron chi connectivity index (χ3n) is 13.2. The lowest BCUT2D eigenvalue weighted by molar-refractivity contribution is -0.167. The molecule has 0 bridgehead atoms. The minimum absolute atomic E-state index is 0.0699. The summed E-state index contributed by atoms with van der Waals surface area (Å²) in [5.74, 6) is -0.859. The van der Waals surface area contributed by atoms with Crippen molar-refractivity contribution in [3.63, 3.8) is 0 Å². The minimum atomic E-state index is -0.771. The zero-order valence-corrected chi connectivity index (χ0v) is 44.5. The molecule has 0 radical (unpaired) electrons. The summed E-state index contributed by atoms with van der Waals surface area (Å²) < 4.78 is 16.9. The van der Waals surface area contributed by atoms with E-state index >= 15 is 0 Å². The predicted molar refractivity (Wildman–Crippen MR) is 284 cm³/mol. The second kappa shape index (κ2) is 55.5. The third kappa shape index (κ3) is 52.9. The van der Waals surface area contributed by atoms with Gasteiger partial charge < -0.3 is 14.2 Å². The first-order chi connectivity index (χ1) is 32.5. The molecular formula is C60H112O6. The lowest BCUT2D eigenvalue weighted by atomic mass is 10.0. The van der Waals surface area contributed by atoms with E-state index in [0.29, 0.717) is 19.3 Å². The summed E-state index contributed by atoms with van der Waals surface area (Å²) >= 11 is 0. The van der Waals surface area contributed by atoms with Crippen LogP contribution in [0.1, 0.15) is 323 Å². The maximum absolute atomic E-state index is 12.9. The second-order valence-corrected chi connectivity index (χ2v) is 19.9. The molecule has 6 nitrogen and oxygen atoms in total. The van der Waals surface area contributed by atoms with Gasteiger partial charge in [0.2, 0.25) is 0 Å². The van der Waals surface area contributed by atoms with Gasteiger partial charge in [0.25, 0.3) is 0 Å².